The van der Waals surface area contributed by atoms with E-state index in [1.807, 2.05) is 0 Å². The van der Waals surface area contributed by atoms with Crippen LogP contribution < -0.4 is 19.5 Å². The van der Waals surface area contributed by atoms with Crippen molar-refractivity contribution in [1.29, 1.82) is 0 Å². The molecule has 0 radical (unpaired) electrons. The van der Waals surface area contributed by atoms with Crippen molar-refractivity contribution in [2.24, 2.45) is 0 Å². The van der Waals surface area contributed by atoms with Crippen molar-refractivity contribution in [2.75, 3.05) is 33.8 Å². The van der Waals surface area contributed by atoms with Gasteiger partial charge in [-0.3, -0.25) is 4.79 Å². The highest BCUT2D eigenvalue weighted by Crippen LogP contribution is 2.40. The minimum Gasteiger partial charge on any atom is -0.493 e. The Balaban J connectivity index is 2.22. The van der Waals surface area contributed by atoms with Gasteiger partial charge in [0.15, 0.2) is 11.5 Å². The molecule has 1 amide bonds. The maximum absolute atomic E-state index is 12.3. The highest BCUT2D eigenvalue weighted by atomic mass is 35.5. The molecule has 0 aromatic heterocycles. The third-order valence-corrected chi connectivity index (χ3v) is 4.12. The first kappa shape index (κ1) is 21.1. The van der Waals surface area contributed by atoms with E-state index in [1.54, 1.807) is 24.3 Å². The van der Waals surface area contributed by atoms with Gasteiger partial charge in [0.05, 0.1) is 39.0 Å². The average Bonchev–Trinajstić information content (AvgIpc) is 2.71. The van der Waals surface area contributed by atoms with E-state index in [0.29, 0.717) is 28.5 Å². The number of methoxy groups -OCH3 is 4. The summed E-state index contributed by atoms with van der Waals surface area (Å²) < 4.78 is 20.6. The number of hydrogen-bond acceptors (Lipinski definition) is 6. The summed E-state index contributed by atoms with van der Waals surface area (Å²) in [5, 5.41) is 2.89. The lowest BCUT2D eigenvalue weighted by molar-refractivity contribution is -0.111. The maximum atomic E-state index is 12.3. The van der Waals surface area contributed by atoms with Crippen LogP contribution in [0.1, 0.15) is 15.9 Å². The zero-order valence-electron chi connectivity index (χ0n) is 15.9. The van der Waals surface area contributed by atoms with Crippen LogP contribution in [-0.2, 0) is 9.53 Å². The SMILES string of the molecule is COC(=O)c1cc(NC(=O)C=Cc2ccc(OC)c(OC)c2OC)ccc1Cl. The Bertz CT molecular complexity index is 910. The lowest BCUT2D eigenvalue weighted by Crippen LogP contribution is -2.09. The Labute approximate surface area is 167 Å². The van der Waals surface area contributed by atoms with Crippen molar-refractivity contribution in [2.45, 2.75) is 0 Å². The number of carbonyl (C=O) groups is 2. The number of rotatable bonds is 7. The number of ether oxygens (including phenoxy) is 4. The molecular weight excluding hydrogens is 386 g/mol. The summed E-state index contributed by atoms with van der Waals surface area (Å²) in [5.74, 6) is 0.373. The quantitative estimate of drug-likeness (QED) is 0.557. The van der Waals surface area contributed by atoms with Crippen LogP contribution in [0.15, 0.2) is 36.4 Å². The first-order valence-corrected chi connectivity index (χ1v) is 8.48. The summed E-state index contributed by atoms with van der Waals surface area (Å²) in [4.78, 5) is 24.0. The molecule has 0 aliphatic carbocycles. The molecule has 0 fully saturated rings. The van der Waals surface area contributed by atoms with E-state index >= 15 is 0 Å². The van der Waals surface area contributed by atoms with Crippen molar-refractivity contribution in [3.63, 3.8) is 0 Å². The van der Waals surface area contributed by atoms with Crippen LogP contribution in [0, 0.1) is 0 Å². The van der Waals surface area contributed by atoms with Crippen LogP contribution in [0.5, 0.6) is 17.2 Å². The summed E-state index contributed by atoms with van der Waals surface area (Å²) in [6.07, 6.45) is 2.91. The molecule has 0 spiro atoms. The van der Waals surface area contributed by atoms with Gasteiger partial charge in [-0.1, -0.05) is 11.6 Å². The molecule has 7 nitrogen and oxygen atoms in total. The van der Waals surface area contributed by atoms with E-state index in [9.17, 15) is 9.59 Å². The second kappa shape index (κ2) is 9.66. The second-order valence-corrected chi connectivity index (χ2v) is 5.84. The predicted molar refractivity (Wildman–Crippen MR) is 107 cm³/mol. The molecule has 8 heteroatoms. The number of hydrogen-bond donors (Lipinski definition) is 1. The summed E-state index contributed by atoms with van der Waals surface area (Å²) >= 11 is 5.97. The summed E-state index contributed by atoms with van der Waals surface area (Å²) in [6, 6.07) is 7.97. The smallest absolute Gasteiger partial charge is 0.339 e. The minimum absolute atomic E-state index is 0.160. The standard InChI is InChI=1S/C20H20ClNO6/c1-25-16-9-5-12(18(26-2)19(16)27-3)6-10-17(23)22-13-7-8-15(21)14(11-13)20(24)28-4/h5-11H,1-4H3,(H,22,23). The highest BCUT2D eigenvalue weighted by molar-refractivity contribution is 6.33. The molecule has 0 saturated heterocycles. The molecule has 0 aliphatic heterocycles. The molecule has 0 atom stereocenters. The summed E-state index contributed by atoms with van der Waals surface area (Å²) in [6.45, 7) is 0. The van der Waals surface area contributed by atoms with Gasteiger partial charge >= 0.3 is 5.97 Å². The van der Waals surface area contributed by atoms with Crippen molar-refractivity contribution in [3.8, 4) is 17.2 Å². The van der Waals surface area contributed by atoms with Gasteiger partial charge in [-0.15, -0.1) is 0 Å². The number of carbonyl (C=O) groups excluding carboxylic acids is 2. The summed E-state index contributed by atoms with van der Waals surface area (Å²) in [5.41, 5.74) is 1.19. The lowest BCUT2D eigenvalue weighted by Gasteiger charge is -2.14. The second-order valence-electron chi connectivity index (χ2n) is 5.43. The number of amides is 1. The molecular formula is C20H20ClNO6. The number of anilines is 1. The zero-order valence-corrected chi connectivity index (χ0v) is 16.6. The van der Waals surface area contributed by atoms with Gasteiger partial charge < -0.3 is 24.3 Å². The normalized spacial score (nSPS) is 10.5. The topological polar surface area (TPSA) is 83.1 Å². The molecule has 2 aromatic rings. The molecule has 148 valence electrons. The molecule has 0 bridgehead atoms. The Morgan fingerprint density at radius 1 is 0.964 bits per heavy atom. The van der Waals surface area contributed by atoms with Crippen LogP contribution in [-0.4, -0.2) is 40.3 Å². The van der Waals surface area contributed by atoms with Gasteiger partial charge in [-0.25, -0.2) is 4.79 Å². The van der Waals surface area contributed by atoms with Crippen molar-refractivity contribution < 1.29 is 28.5 Å². The first-order chi connectivity index (χ1) is 13.4. The molecule has 2 rings (SSSR count). The number of halogens is 1. The van der Waals surface area contributed by atoms with E-state index in [0.717, 1.165) is 0 Å². The maximum Gasteiger partial charge on any atom is 0.339 e. The van der Waals surface area contributed by atoms with E-state index in [2.05, 4.69) is 10.1 Å². The van der Waals surface area contributed by atoms with Gasteiger partial charge in [0.25, 0.3) is 0 Å². The van der Waals surface area contributed by atoms with Crippen molar-refractivity contribution in [3.05, 3.63) is 52.6 Å². The molecule has 1 N–H and O–H groups in total. The van der Waals surface area contributed by atoms with Gasteiger partial charge in [0, 0.05) is 17.3 Å². The molecule has 0 heterocycles. The minimum atomic E-state index is -0.591. The Morgan fingerprint density at radius 2 is 1.68 bits per heavy atom. The Hall–Kier alpha value is -3.19. The van der Waals surface area contributed by atoms with Gasteiger partial charge in [0.1, 0.15) is 0 Å². The largest absolute Gasteiger partial charge is 0.493 e. The summed E-state index contributed by atoms with van der Waals surface area (Å²) in [7, 11) is 5.77. The van der Waals surface area contributed by atoms with E-state index in [1.165, 1.54) is 46.6 Å². The van der Waals surface area contributed by atoms with E-state index in [-0.39, 0.29) is 10.6 Å². The number of benzene rings is 2. The first-order valence-electron chi connectivity index (χ1n) is 8.11. The van der Waals surface area contributed by atoms with E-state index in [4.69, 9.17) is 25.8 Å². The third kappa shape index (κ3) is 4.75. The van der Waals surface area contributed by atoms with Gasteiger partial charge in [-0.05, 0) is 36.4 Å². The van der Waals surface area contributed by atoms with Crippen LogP contribution in [0.2, 0.25) is 5.02 Å². The third-order valence-electron chi connectivity index (χ3n) is 3.79. The van der Waals surface area contributed by atoms with Gasteiger partial charge in [-0.2, -0.15) is 0 Å². The molecule has 28 heavy (non-hydrogen) atoms. The van der Waals surface area contributed by atoms with Crippen molar-refractivity contribution in [1.82, 2.24) is 0 Å². The monoisotopic (exact) mass is 405 g/mol. The zero-order chi connectivity index (χ0) is 20.7. The fraction of sp³-hybridized carbons (Fsp3) is 0.200. The van der Waals surface area contributed by atoms with Crippen molar-refractivity contribution >= 4 is 35.2 Å². The van der Waals surface area contributed by atoms with Crippen LogP contribution in [0.4, 0.5) is 5.69 Å². The van der Waals surface area contributed by atoms with Crippen LogP contribution in [0.25, 0.3) is 6.08 Å². The van der Waals surface area contributed by atoms with E-state index < -0.39 is 11.9 Å². The molecule has 2 aromatic carbocycles. The molecule has 0 unspecified atom stereocenters. The van der Waals surface area contributed by atoms with Crippen LogP contribution in [0.3, 0.4) is 0 Å². The predicted octanol–water partition coefficient (Wildman–Crippen LogP) is 3.80. The number of nitrogens with one attached hydrogen (secondary N) is 1. The Kier molecular flexibility index (Phi) is 7.28. The molecule has 0 saturated carbocycles. The number of esters is 1. The highest BCUT2D eigenvalue weighted by Gasteiger charge is 2.15. The van der Waals surface area contributed by atoms with Gasteiger partial charge in [0.2, 0.25) is 11.7 Å². The lowest BCUT2D eigenvalue weighted by atomic mass is 10.1. The van der Waals surface area contributed by atoms with Crippen LogP contribution >= 0.6 is 11.6 Å². The average molecular weight is 406 g/mol. The fourth-order valence-corrected chi connectivity index (χ4v) is 2.67. The fourth-order valence-electron chi connectivity index (χ4n) is 2.47. The Morgan fingerprint density at radius 3 is 2.29 bits per heavy atom. The molecule has 0 aliphatic rings.